The van der Waals surface area contributed by atoms with E-state index in [-0.39, 0.29) is 52.0 Å². The third kappa shape index (κ3) is 3.70. The van der Waals surface area contributed by atoms with Crippen LogP contribution in [0.5, 0.6) is 23.0 Å². The van der Waals surface area contributed by atoms with Gasteiger partial charge in [-0.3, -0.25) is 19.2 Å². The fourth-order valence-electron chi connectivity index (χ4n) is 5.57. The van der Waals surface area contributed by atoms with Crippen molar-refractivity contribution in [2.75, 3.05) is 19.0 Å². The summed E-state index contributed by atoms with van der Waals surface area (Å²) >= 11 is 0. The van der Waals surface area contributed by atoms with E-state index in [9.17, 15) is 29.4 Å². The van der Waals surface area contributed by atoms with Gasteiger partial charge in [-0.15, -0.1) is 0 Å². The van der Waals surface area contributed by atoms with Crippen molar-refractivity contribution in [3.8, 4) is 23.0 Å². The van der Waals surface area contributed by atoms with Gasteiger partial charge >= 0.3 is 0 Å². The Bertz CT molecular complexity index is 1570. The highest BCUT2D eigenvalue weighted by Crippen LogP contribution is 2.57. The maximum absolute atomic E-state index is 13.9. The molecule has 1 amide bonds. The number of methoxy groups -OCH3 is 1. The Morgan fingerprint density at radius 3 is 2.56 bits per heavy atom. The molecule has 10 heteroatoms. The van der Waals surface area contributed by atoms with Crippen LogP contribution in [0.2, 0.25) is 0 Å². The number of carbonyl (C=O) groups is 4. The second-order valence-electron chi connectivity index (χ2n) is 10.1. The second-order valence-corrected chi connectivity index (χ2v) is 10.1. The molecule has 5 rings (SSSR count). The molecule has 1 unspecified atom stereocenters. The van der Waals surface area contributed by atoms with E-state index in [4.69, 9.17) is 9.47 Å². The van der Waals surface area contributed by atoms with Gasteiger partial charge in [0.25, 0.3) is 0 Å². The number of anilines is 1. The Balaban J connectivity index is 1.46. The fraction of sp³-hybridized carbons (Fsp3) is 0.310. The number of ketones is 3. The van der Waals surface area contributed by atoms with Crippen LogP contribution in [0, 0.1) is 6.92 Å². The molecular weight excluding hydrogens is 504 g/mol. The molecule has 2 heterocycles. The van der Waals surface area contributed by atoms with Gasteiger partial charge in [-0.1, -0.05) is 0 Å². The zero-order valence-electron chi connectivity index (χ0n) is 22.1. The minimum absolute atomic E-state index is 0.0277. The number of phenols is 2. The van der Waals surface area contributed by atoms with Crippen LogP contribution in [0.3, 0.4) is 0 Å². The standard InChI is InChI=1S/C29H28N2O8/c1-12-24(34)22(14(3)32)26-23(25(12)35)29(4)20(39-26)11-19(33)21(27(29)36)13(2)30-9-8-16-17-10-15(38-5)6-7-18(17)31-28(16)37/h6-7,10-11,16,30,34-35H,8-9H2,1-5H3,(H,31,37)/t16?,29-/m0/s1. The van der Waals surface area contributed by atoms with Crippen molar-refractivity contribution in [2.24, 2.45) is 0 Å². The van der Waals surface area contributed by atoms with Crippen LogP contribution in [0.4, 0.5) is 5.69 Å². The summed E-state index contributed by atoms with van der Waals surface area (Å²) in [5, 5.41) is 27.4. The number of phenolic OH excluding ortho intramolecular Hbond substituents is 2. The average Bonchev–Trinajstić information content (AvgIpc) is 3.35. The minimum Gasteiger partial charge on any atom is -0.507 e. The van der Waals surface area contributed by atoms with E-state index >= 15 is 0 Å². The zero-order valence-corrected chi connectivity index (χ0v) is 22.1. The Hall–Kier alpha value is -4.60. The van der Waals surface area contributed by atoms with E-state index in [0.717, 1.165) is 11.3 Å². The molecule has 0 spiro atoms. The number of hydrogen-bond donors (Lipinski definition) is 4. The molecule has 0 bridgehead atoms. The van der Waals surface area contributed by atoms with E-state index in [2.05, 4.69) is 10.6 Å². The molecule has 2 aromatic carbocycles. The van der Waals surface area contributed by atoms with Crippen LogP contribution < -0.4 is 20.1 Å². The van der Waals surface area contributed by atoms with Crippen LogP contribution in [0.25, 0.3) is 0 Å². The largest absolute Gasteiger partial charge is 0.507 e. The normalized spacial score (nSPS) is 22.3. The first kappa shape index (κ1) is 26.0. The third-order valence-electron chi connectivity index (χ3n) is 7.79. The lowest BCUT2D eigenvalue weighted by Crippen LogP contribution is -2.41. The number of fused-ring (bicyclic) bond motifs is 4. The molecule has 202 valence electrons. The number of amides is 1. The molecule has 2 atom stereocenters. The van der Waals surface area contributed by atoms with Gasteiger partial charge in [0.2, 0.25) is 5.91 Å². The monoisotopic (exact) mass is 532 g/mol. The van der Waals surface area contributed by atoms with Crippen molar-refractivity contribution < 1.29 is 38.9 Å². The zero-order chi connectivity index (χ0) is 28.4. The van der Waals surface area contributed by atoms with Crippen molar-refractivity contribution in [3.63, 3.8) is 0 Å². The number of benzene rings is 2. The maximum Gasteiger partial charge on any atom is 0.232 e. The molecule has 1 aliphatic carbocycles. The molecule has 2 aromatic rings. The van der Waals surface area contributed by atoms with Crippen LogP contribution >= 0.6 is 0 Å². The van der Waals surface area contributed by atoms with Crippen LogP contribution in [-0.4, -0.2) is 47.1 Å². The van der Waals surface area contributed by atoms with Crippen molar-refractivity contribution >= 4 is 28.9 Å². The molecule has 2 aliphatic heterocycles. The van der Waals surface area contributed by atoms with Gasteiger partial charge in [0.1, 0.15) is 39.7 Å². The van der Waals surface area contributed by atoms with E-state index in [1.54, 1.807) is 26.2 Å². The van der Waals surface area contributed by atoms with Crippen molar-refractivity contribution in [1.82, 2.24) is 5.32 Å². The Labute approximate surface area is 224 Å². The molecule has 0 saturated heterocycles. The number of carbonyl (C=O) groups excluding carboxylic acids is 4. The smallest absolute Gasteiger partial charge is 0.232 e. The Kier molecular flexibility index (Phi) is 6.01. The maximum atomic E-state index is 13.9. The third-order valence-corrected chi connectivity index (χ3v) is 7.79. The van der Waals surface area contributed by atoms with E-state index in [1.165, 1.54) is 26.8 Å². The topological polar surface area (TPSA) is 151 Å². The highest BCUT2D eigenvalue weighted by Gasteiger charge is 2.56. The first-order chi connectivity index (χ1) is 18.4. The summed E-state index contributed by atoms with van der Waals surface area (Å²) in [4.78, 5) is 51.9. The van der Waals surface area contributed by atoms with Crippen LogP contribution in [0.1, 0.15) is 60.2 Å². The summed E-state index contributed by atoms with van der Waals surface area (Å²) in [6.07, 6.45) is 1.56. The van der Waals surface area contributed by atoms with Gasteiger partial charge < -0.3 is 30.3 Å². The van der Waals surface area contributed by atoms with Gasteiger partial charge in [0.15, 0.2) is 17.3 Å². The van der Waals surface area contributed by atoms with Gasteiger partial charge in [0, 0.05) is 29.6 Å². The van der Waals surface area contributed by atoms with Gasteiger partial charge in [-0.05, 0) is 57.9 Å². The van der Waals surface area contributed by atoms with Crippen molar-refractivity contribution in [3.05, 3.63) is 63.6 Å². The summed E-state index contributed by atoms with van der Waals surface area (Å²) in [6.45, 7) is 6.06. The van der Waals surface area contributed by atoms with Crippen molar-refractivity contribution in [2.45, 2.75) is 45.4 Å². The Morgan fingerprint density at radius 2 is 1.90 bits per heavy atom. The first-order valence-corrected chi connectivity index (χ1v) is 12.4. The summed E-state index contributed by atoms with van der Waals surface area (Å²) in [5.41, 5.74) is 0.0266. The van der Waals surface area contributed by atoms with E-state index in [1.807, 2.05) is 6.07 Å². The summed E-state index contributed by atoms with van der Waals surface area (Å²) < 4.78 is 11.1. The number of ether oxygens (including phenoxy) is 2. The highest BCUT2D eigenvalue weighted by atomic mass is 16.5. The summed E-state index contributed by atoms with van der Waals surface area (Å²) in [7, 11) is 1.55. The predicted molar refractivity (Wildman–Crippen MR) is 140 cm³/mol. The van der Waals surface area contributed by atoms with Crippen molar-refractivity contribution in [1.29, 1.82) is 0 Å². The van der Waals surface area contributed by atoms with E-state index in [0.29, 0.717) is 17.9 Å². The molecule has 10 nitrogen and oxygen atoms in total. The van der Waals surface area contributed by atoms with Gasteiger partial charge in [-0.25, -0.2) is 0 Å². The molecular formula is C29H28N2O8. The lowest BCUT2D eigenvalue weighted by Gasteiger charge is -2.29. The highest BCUT2D eigenvalue weighted by molar-refractivity contribution is 6.31. The van der Waals surface area contributed by atoms with Crippen LogP contribution in [-0.2, 0) is 19.8 Å². The minimum atomic E-state index is -1.59. The molecule has 0 radical (unpaired) electrons. The SMILES string of the molecule is COc1ccc2c(c1)C(CCNC(C)=C1C(=O)C=C3Oc4c(C(C)=O)c(O)c(C)c(O)c4[C@@]3(C)C1=O)C(=O)N2. The lowest BCUT2D eigenvalue weighted by atomic mass is 9.70. The first-order valence-electron chi connectivity index (χ1n) is 12.4. The number of aromatic hydroxyl groups is 2. The lowest BCUT2D eigenvalue weighted by molar-refractivity contribution is -0.123. The average molecular weight is 533 g/mol. The van der Waals surface area contributed by atoms with E-state index < -0.39 is 34.4 Å². The quantitative estimate of drug-likeness (QED) is 0.250. The van der Waals surface area contributed by atoms with Crippen LogP contribution in [0.15, 0.2) is 41.3 Å². The van der Waals surface area contributed by atoms with Gasteiger partial charge in [0.05, 0.1) is 24.2 Å². The summed E-state index contributed by atoms with van der Waals surface area (Å²) in [6, 6.07) is 5.36. The molecule has 4 N–H and O–H groups in total. The number of Topliss-reactive ketones (excluding diaryl/α,β-unsaturated/α-hetero) is 2. The number of allylic oxidation sites excluding steroid dienone is 4. The number of hydrogen-bond acceptors (Lipinski definition) is 9. The molecule has 0 aromatic heterocycles. The number of nitrogens with one attached hydrogen (secondary N) is 2. The molecule has 39 heavy (non-hydrogen) atoms. The predicted octanol–water partition coefficient (Wildman–Crippen LogP) is 3.29. The summed E-state index contributed by atoms with van der Waals surface area (Å²) in [5.74, 6) is -2.66. The van der Waals surface area contributed by atoms with Gasteiger partial charge in [-0.2, -0.15) is 0 Å². The fourth-order valence-corrected chi connectivity index (χ4v) is 5.57. The second kappa shape index (κ2) is 9.00. The molecule has 0 saturated carbocycles. The Morgan fingerprint density at radius 1 is 1.18 bits per heavy atom. The molecule has 3 aliphatic rings. The number of rotatable bonds is 6. The molecule has 0 fully saturated rings.